The Morgan fingerprint density at radius 1 is 1.27 bits per heavy atom. The third-order valence-corrected chi connectivity index (χ3v) is 4.73. The molecule has 2 aromatic rings. The first-order valence-corrected chi connectivity index (χ1v) is 8.88. The lowest BCUT2D eigenvalue weighted by molar-refractivity contribution is -0.139. The molecule has 1 unspecified atom stereocenters. The first kappa shape index (κ1) is 20.0. The molecule has 0 aliphatic carbocycles. The fourth-order valence-corrected chi connectivity index (χ4v) is 3.20. The second kappa shape index (κ2) is 8.36. The van der Waals surface area contributed by atoms with E-state index in [1.807, 2.05) is 39.8 Å². The summed E-state index contributed by atoms with van der Waals surface area (Å²) in [6.45, 7) is 9.30. The molecule has 6 heteroatoms. The minimum Gasteiger partial charge on any atom is -0.480 e. The maximum absolute atomic E-state index is 12.6. The number of carbonyl (C=O) groups excluding carboxylic acids is 1. The zero-order valence-corrected chi connectivity index (χ0v) is 16.1. The highest BCUT2D eigenvalue weighted by atomic mass is 16.5. The maximum Gasteiger partial charge on any atom is 0.326 e. The number of hydrogen-bond donors (Lipinski definition) is 2. The van der Waals surface area contributed by atoms with Crippen LogP contribution in [0.1, 0.15) is 41.9 Å². The summed E-state index contributed by atoms with van der Waals surface area (Å²) in [6, 6.07) is 4.61. The van der Waals surface area contributed by atoms with Crippen LogP contribution in [-0.4, -0.2) is 41.3 Å². The summed E-state index contributed by atoms with van der Waals surface area (Å²) >= 11 is 0. The van der Waals surface area contributed by atoms with E-state index in [0.29, 0.717) is 18.6 Å². The van der Waals surface area contributed by atoms with Crippen molar-refractivity contribution in [2.24, 2.45) is 5.92 Å². The number of nitrogens with zero attached hydrogens (tertiary/aromatic N) is 1. The van der Waals surface area contributed by atoms with Gasteiger partial charge in [-0.05, 0) is 49.9 Å². The number of carboxylic acid groups (broad SMARTS) is 1. The predicted octanol–water partition coefficient (Wildman–Crippen LogP) is 3.13. The lowest BCUT2D eigenvalue weighted by Gasteiger charge is -2.16. The van der Waals surface area contributed by atoms with Crippen LogP contribution in [-0.2, 0) is 16.1 Å². The number of aliphatic carboxylic acids is 1. The Bertz CT molecular complexity index is 808. The molecule has 0 radical (unpaired) electrons. The summed E-state index contributed by atoms with van der Waals surface area (Å²) in [6.07, 6.45) is 0.398. The van der Waals surface area contributed by atoms with Gasteiger partial charge in [0.15, 0.2) is 0 Å². The van der Waals surface area contributed by atoms with Crippen LogP contribution in [0, 0.1) is 19.8 Å². The number of nitrogens with one attached hydrogen (secondary N) is 1. The van der Waals surface area contributed by atoms with Gasteiger partial charge in [0.25, 0.3) is 5.91 Å². The Morgan fingerprint density at radius 3 is 2.54 bits per heavy atom. The van der Waals surface area contributed by atoms with E-state index < -0.39 is 12.0 Å². The molecule has 26 heavy (non-hydrogen) atoms. The van der Waals surface area contributed by atoms with E-state index >= 15 is 0 Å². The molecule has 0 saturated heterocycles. The van der Waals surface area contributed by atoms with E-state index in [4.69, 9.17) is 4.74 Å². The number of benzene rings is 1. The molecule has 6 nitrogen and oxygen atoms in total. The molecule has 1 aromatic heterocycles. The van der Waals surface area contributed by atoms with E-state index in [2.05, 4.69) is 9.88 Å². The minimum absolute atomic E-state index is 0.179. The molecule has 0 saturated carbocycles. The summed E-state index contributed by atoms with van der Waals surface area (Å²) in [5.74, 6) is -1.19. The average molecular weight is 360 g/mol. The SMILES string of the molecule is COCCn1c(C)c(C)c2cc(C(=O)NC(CC(C)C)C(=O)O)ccc21. The van der Waals surface area contributed by atoms with Gasteiger partial charge in [-0.2, -0.15) is 0 Å². The summed E-state index contributed by atoms with van der Waals surface area (Å²) in [5.41, 5.74) is 3.77. The second-order valence-corrected chi connectivity index (χ2v) is 7.08. The van der Waals surface area contributed by atoms with Gasteiger partial charge < -0.3 is 19.7 Å². The number of hydrogen-bond acceptors (Lipinski definition) is 3. The fraction of sp³-hybridized carbons (Fsp3) is 0.500. The van der Waals surface area contributed by atoms with Gasteiger partial charge in [-0.25, -0.2) is 4.79 Å². The van der Waals surface area contributed by atoms with Crippen molar-refractivity contribution in [3.8, 4) is 0 Å². The first-order valence-electron chi connectivity index (χ1n) is 8.88. The van der Waals surface area contributed by atoms with Crippen molar-refractivity contribution in [1.82, 2.24) is 9.88 Å². The number of aromatic nitrogens is 1. The smallest absolute Gasteiger partial charge is 0.326 e. The number of rotatable bonds is 8. The Morgan fingerprint density at radius 2 is 1.96 bits per heavy atom. The molecule has 1 aromatic carbocycles. The highest BCUT2D eigenvalue weighted by Crippen LogP contribution is 2.26. The van der Waals surface area contributed by atoms with Gasteiger partial charge in [0.2, 0.25) is 0 Å². The fourth-order valence-electron chi connectivity index (χ4n) is 3.20. The van der Waals surface area contributed by atoms with Gasteiger partial charge in [-0.15, -0.1) is 0 Å². The molecule has 0 spiro atoms. The first-order chi connectivity index (χ1) is 12.3. The quantitative estimate of drug-likeness (QED) is 0.758. The van der Waals surface area contributed by atoms with Crippen molar-refractivity contribution in [3.05, 3.63) is 35.0 Å². The van der Waals surface area contributed by atoms with Gasteiger partial charge in [0.1, 0.15) is 6.04 Å². The number of carboxylic acids is 1. The van der Waals surface area contributed by atoms with Gasteiger partial charge in [-0.3, -0.25) is 4.79 Å². The maximum atomic E-state index is 12.6. The molecule has 0 aliphatic heterocycles. The largest absolute Gasteiger partial charge is 0.480 e. The molecule has 1 amide bonds. The number of ether oxygens (including phenoxy) is 1. The zero-order valence-electron chi connectivity index (χ0n) is 16.1. The summed E-state index contributed by atoms with van der Waals surface area (Å²) in [7, 11) is 1.67. The van der Waals surface area contributed by atoms with Crippen molar-refractivity contribution in [2.75, 3.05) is 13.7 Å². The molecule has 0 aliphatic rings. The van der Waals surface area contributed by atoms with Crippen molar-refractivity contribution in [2.45, 2.75) is 46.7 Å². The third kappa shape index (κ3) is 4.25. The Kier molecular flexibility index (Phi) is 6.42. The monoisotopic (exact) mass is 360 g/mol. The van der Waals surface area contributed by atoms with Crippen molar-refractivity contribution in [1.29, 1.82) is 0 Å². The van der Waals surface area contributed by atoms with Crippen molar-refractivity contribution >= 4 is 22.8 Å². The average Bonchev–Trinajstić information content (AvgIpc) is 2.82. The van der Waals surface area contributed by atoms with Crippen LogP contribution in [0.4, 0.5) is 0 Å². The molecule has 142 valence electrons. The van der Waals surface area contributed by atoms with Gasteiger partial charge in [0.05, 0.1) is 6.61 Å². The second-order valence-electron chi connectivity index (χ2n) is 7.08. The van der Waals surface area contributed by atoms with Gasteiger partial charge in [0, 0.05) is 35.8 Å². The Hall–Kier alpha value is -2.34. The number of amides is 1. The number of methoxy groups -OCH3 is 1. The van der Waals surface area contributed by atoms with Gasteiger partial charge >= 0.3 is 5.97 Å². The van der Waals surface area contributed by atoms with E-state index in [-0.39, 0.29) is 11.8 Å². The van der Waals surface area contributed by atoms with Crippen molar-refractivity contribution in [3.63, 3.8) is 0 Å². The molecule has 0 fully saturated rings. The zero-order chi connectivity index (χ0) is 19.4. The van der Waals surface area contributed by atoms with Crippen molar-refractivity contribution < 1.29 is 19.4 Å². The lowest BCUT2D eigenvalue weighted by atomic mass is 10.0. The highest BCUT2D eigenvalue weighted by Gasteiger charge is 2.22. The molecule has 2 rings (SSSR count). The molecular formula is C20H28N2O4. The summed E-state index contributed by atoms with van der Waals surface area (Å²) < 4.78 is 7.35. The van der Waals surface area contributed by atoms with Crippen LogP contribution >= 0.6 is 0 Å². The molecule has 1 atom stereocenters. The topological polar surface area (TPSA) is 80.6 Å². The standard InChI is InChI=1S/C20H28N2O4/c1-12(2)10-17(20(24)25)21-19(23)15-6-7-18-16(11-15)13(3)14(4)22(18)8-9-26-5/h6-7,11-12,17H,8-10H2,1-5H3,(H,21,23)(H,24,25). The lowest BCUT2D eigenvalue weighted by Crippen LogP contribution is -2.41. The summed E-state index contributed by atoms with van der Waals surface area (Å²) in [5, 5.41) is 13.0. The third-order valence-electron chi connectivity index (χ3n) is 4.73. The van der Waals surface area contributed by atoms with Gasteiger partial charge in [-0.1, -0.05) is 13.8 Å². The Labute approximate surface area is 154 Å². The van der Waals surface area contributed by atoms with E-state index in [0.717, 1.165) is 28.7 Å². The van der Waals surface area contributed by atoms with Crippen LogP contribution in [0.25, 0.3) is 10.9 Å². The van der Waals surface area contributed by atoms with E-state index in [1.165, 1.54) is 0 Å². The molecular weight excluding hydrogens is 332 g/mol. The normalized spacial score (nSPS) is 12.5. The van der Waals surface area contributed by atoms with E-state index in [1.54, 1.807) is 13.2 Å². The van der Waals surface area contributed by atoms with Crippen LogP contribution in [0.2, 0.25) is 0 Å². The van der Waals surface area contributed by atoms with Crippen LogP contribution < -0.4 is 5.32 Å². The minimum atomic E-state index is -1.01. The Balaban J connectivity index is 2.31. The highest BCUT2D eigenvalue weighted by molar-refractivity contribution is 6.00. The van der Waals surface area contributed by atoms with Crippen LogP contribution in [0.3, 0.4) is 0 Å². The van der Waals surface area contributed by atoms with E-state index in [9.17, 15) is 14.7 Å². The predicted molar refractivity (Wildman–Crippen MR) is 102 cm³/mol. The molecule has 1 heterocycles. The molecule has 0 bridgehead atoms. The van der Waals surface area contributed by atoms with Crippen LogP contribution in [0.15, 0.2) is 18.2 Å². The van der Waals surface area contributed by atoms with Crippen LogP contribution in [0.5, 0.6) is 0 Å². The number of aryl methyl sites for hydroxylation is 1. The summed E-state index contributed by atoms with van der Waals surface area (Å²) in [4.78, 5) is 23.9. The molecule has 2 N–H and O–H groups in total. The number of fused-ring (bicyclic) bond motifs is 1. The number of carbonyl (C=O) groups is 2.